The van der Waals surface area contributed by atoms with Gasteiger partial charge in [-0.2, -0.15) is 0 Å². The van der Waals surface area contributed by atoms with E-state index in [9.17, 15) is 9.59 Å². The van der Waals surface area contributed by atoms with Gasteiger partial charge in [0.25, 0.3) is 5.91 Å². The molecule has 2 heterocycles. The van der Waals surface area contributed by atoms with E-state index in [1.807, 2.05) is 0 Å². The number of halogens is 3. The molecule has 0 N–H and O–H groups in total. The van der Waals surface area contributed by atoms with Crippen molar-refractivity contribution < 1.29 is 19.2 Å². The summed E-state index contributed by atoms with van der Waals surface area (Å²) in [6.07, 6.45) is 0. The zero-order valence-electron chi connectivity index (χ0n) is 11.3. The Labute approximate surface area is 141 Å². The summed E-state index contributed by atoms with van der Waals surface area (Å²) >= 11 is 18.1. The molecule has 2 aliphatic rings. The second-order valence-electron chi connectivity index (χ2n) is 5.01. The fourth-order valence-corrected chi connectivity index (χ4v) is 3.63. The summed E-state index contributed by atoms with van der Waals surface area (Å²) in [6.45, 7) is 1.63. The molecule has 0 radical (unpaired) electrons. The number of carbonyl (C=O) groups is 2. The van der Waals surface area contributed by atoms with Crippen molar-refractivity contribution in [2.24, 2.45) is 10.6 Å². The minimum absolute atomic E-state index is 0.175. The van der Waals surface area contributed by atoms with Gasteiger partial charge in [-0.05, 0) is 6.92 Å². The third-order valence-electron chi connectivity index (χ3n) is 3.13. The number of β-lactam (4-membered cyclic amide) rings is 1. The Hall–Kier alpha value is -0.370. The summed E-state index contributed by atoms with van der Waals surface area (Å²) in [5, 5.41) is 3.52. The highest BCUT2D eigenvalue weighted by Gasteiger charge is 2.54. The van der Waals surface area contributed by atoms with Crippen molar-refractivity contribution in [3.8, 4) is 0 Å². The third kappa shape index (κ3) is 3.52. The highest BCUT2D eigenvalue weighted by molar-refractivity contribution is 8.01. The Morgan fingerprint density at radius 3 is 2.81 bits per heavy atom. The maximum atomic E-state index is 12.2. The van der Waals surface area contributed by atoms with Gasteiger partial charge in [-0.25, -0.2) is 0 Å². The molecule has 2 aliphatic heterocycles. The minimum atomic E-state index is -1.65. The van der Waals surface area contributed by atoms with Crippen LogP contribution in [0.2, 0.25) is 0 Å². The Balaban J connectivity index is 1.99. The van der Waals surface area contributed by atoms with Crippen LogP contribution in [0.15, 0.2) is 5.16 Å². The van der Waals surface area contributed by atoms with Crippen LogP contribution in [0.25, 0.3) is 0 Å². The van der Waals surface area contributed by atoms with E-state index in [0.717, 1.165) is 0 Å². The van der Waals surface area contributed by atoms with Crippen molar-refractivity contribution in [3.05, 3.63) is 0 Å². The second-order valence-corrected chi connectivity index (χ2v) is 8.59. The van der Waals surface area contributed by atoms with Crippen molar-refractivity contribution in [1.82, 2.24) is 4.90 Å². The van der Waals surface area contributed by atoms with Crippen LogP contribution >= 0.6 is 46.6 Å². The van der Waals surface area contributed by atoms with Gasteiger partial charge in [0.05, 0.1) is 5.41 Å². The third-order valence-corrected chi connectivity index (χ3v) is 5.05. The summed E-state index contributed by atoms with van der Waals surface area (Å²) in [7, 11) is 1.38. The predicted molar refractivity (Wildman–Crippen MR) is 81.8 cm³/mol. The Morgan fingerprint density at radius 1 is 1.57 bits per heavy atom. The summed E-state index contributed by atoms with van der Waals surface area (Å²) < 4.78 is 3.37. The number of hydrogen-bond donors (Lipinski definition) is 0. The molecule has 0 saturated carbocycles. The highest BCUT2D eigenvalue weighted by Crippen LogP contribution is 2.41. The number of nitrogens with zero attached hydrogens (tertiary/aromatic N) is 2. The molecule has 2 rings (SSSR count). The van der Waals surface area contributed by atoms with Gasteiger partial charge in [0, 0.05) is 12.3 Å². The molecule has 0 aliphatic carbocycles. The molecule has 0 spiro atoms. The molecule has 2 saturated heterocycles. The zero-order valence-corrected chi connectivity index (χ0v) is 14.4. The second kappa shape index (κ2) is 6.02. The summed E-state index contributed by atoms with van der Waals surface area (Å²) in [5.41, 5.74) is -0.482. The van der Waals surface area contributed by atoms with E-state index in [0.29, 0.717) is 11.5 Å². The van der Waals surface area contributed by atoms with Crippen LogP contribution in [0.5, 0.6) is 0 Å². The van der Waals surface area contributed by atoms with Crippen molar-refractivity contribution in [1.29, 1.82) is 0 Å². The first kappa shape index (κ1) is 17.0. The van der Waals surface area contributed by atoms with Gasteiger partial charge in [0.1, 0.15) is 19.1 Å². The number of carbonyl (C=O) groups excluding carboxylic acids is 2. The topological polar surface area (TPSA) is 68.2 Å². The van der Waals surface area contributed by atoms with E-state index < -0.39 is 15.2 Å². The Morgan fingerprint density at radius 2 is 2.24 bits per heavy atom. The molecule has 6 nitrogen and oxygen atoms in total. The molecule has 0 bridgehead atoms. The molecule has 2 fully saturated rings. The molecular weight excluding hydrogens is 363 g/mol. The van der Waals surface area contributed by atoms with Crippen molar-refractivity contribution >= 4 is 64.2 Å². The molecule has 1 amide bonds. The van der Waals surface area contributed by atoms with Crippen LogP contribution in [0, 0.1) is 5.41 Å². The molecule has 1 unspecified atom stereocenters. The van der Waals surface area contributed by atoms with Crippen LogP contribution in [-0.4, -0.2) is 57.7 Å². The molecule has 0 aromatic heterocycles. The smallest absolute Gasteiger partial charge is 0.314 e. The van der Waals surface area contributed by atoms with Gasteiger partial charge in [0.2, 0.25) is 3.79 Å². The number of oxime groups is 1. The normalized spacial score (nSPS) is 30.7. The van der Waals surface area contributed by atoms with Gasteiger partial charge >= 0.3 is 5.97 Å². The lowest BCUT2D eigenvalue weighted by Gasteiger charge is -2.48. The average molecular weight is 376 g/mol. The number of hydrogen-bond acceptors (Lipinski definition) is 6. The maximum absolute atomic E-state index is 12.2. The lowest BCUT2D eigenvalue weighted by molar-refractivity contribution is -0.156. The van der Waals surface area contributed by atoms with Gasteiger partial charge in [-0.1, -0.05) is 40.0 Å². The molecule has 2 atom stereocenters. The number of esters is 1. The van der Waals surface area contributed by atoms with Crippen LogP contribution in [0.4, 0.5) is 0 Å². The maximum Gasteiger partial charge on any atom is 0.314 e. The van der Waals surface area contributed by atoms with Crippen molar-refractivity contribution in [2.75, 3.05) is 26.0 Å². The number of ether oxygens (including phenoxy) is 1. The van der Waals surface area contributed by atoms with E-state index in [-0.39, 0.29) is 24.4 Å². The standard InChI is InChI=1S/C11H13Cl3N2O4S/c1-10(9(18)20-4-11(12,13)14)3-16-7(17)6(15-19-2)8(16)21-5-10/h8H,3-5H2,1-2H3/t8-,10?/m1/s1. The monoisotopic (exact) mass is 374 g/mol. The fraction of sp³-hybridized carbons (Fsp3) is 0.727. The fourth-order valence-electron chi connectivity index (χ4n) is 2.08. The summed E-state index contributed by atoms with van der Waals surface area (Å²) in [5.74, 6) is -0.262. The molecule has 0 aromatic rings. The van der Waals surface area contributed by atoms with Gasteiger partial charge in [-0.15, -0.1) is 11.8 Å². The van der Waals surface area contributed by atoms with Gasteiger partial charge < -0.3 is 14.5 Å². The van der Waals surface area contributed by atoms with E-state index in [1.165, 1.54) is 18.9 Å². The predicted octanol–water partition coefficient (Wildman–Crippen LogP) is 1.82. The molecule has 10 heteroatoms. The minimum Gasteiger partial charge on any atom is -0.461 e. The van der Waals surface area contributed by atoms with Crippen LogP contribution in [-0.2, 0) is 19.2 Å². The molecule has 118 valence electrons. The highest BCUT2D eigenvalue weighted by atomic mass is 35.6. The number of fused-ring (bicyclic) bond motifs is 1. The number of amides is 1. The van der Waals surface area contributed by atoms with E-state index in [1.54, 1.807) is 11.8 Å². The lowest BCUT2D eigenvalue weighted by Crippen LogP contribution is -2.66. The Kier molecular flexibility index (Phi) is 4.87. The quantitative estimate of drug-likeness (QED) is 0.326. The average Bonchev–Trinajstić information content (AvgIpc) is 2.41. The zero-order chi connectivity index (χ0) is 15.8. The molecule has 21 heavy (non-hydrogen) atoms. The Bertz CT molecular complexity index is 496. The van der Waals surface area contributed by atoms with E-state index >= 15 is 0 Å². The molecular formula is C11H13Cl3N2O4S. The van der Waals surface area contributed by atoms with E-state index in [2.05, 4.69) is 9.99 Å². The lowest BCUT2D eigenvalue weighted by atomic mass is 9.90. The SMILES string of the molecule is CON=C1C(=O)N2CC(C)(C(=O)OCC(Cl)(Cl)Cl)CS[C@H]12. The van der Waals surface area contributed by atoms with Gasteiger partial charge in [-0.3, -0.25) is 9.59 Å². The van der Waals surface area contributed by atoms with Crippen LogP contribution in [0.3, 0.4) is 0 Å². The molecule has 0 aromatic carbocycles. The summed E-state index contributed by atoms with van der Waals surface area (Å²) in [6, 6.07) is 0. The van der Waals surface area contributed by atoms with Gasteiger partial charge in [0.15, 0.2) is 5.71 Å². The summed E-state index contributed by atoms with van der Waals surface area (Å²) in [4.78, 5) is 30.2. The van der Waals surface area contributed by atoms with Crippen molar-refractivity contribution in [2.45, 2.75) is 16.1 Å². The van der Waals surface area contributed by atoms with Crippen LogP contribution in [0.1, 0.15) is 6.92 Å². The van der Waals surface area contributed by atoms with E-state index in [4.69, 9.17) is 39.5 Å². The van der Waals surface area contributed by atoms with Crippen LogP contribution < -0.4 is 0 Å². The first-order chi connectivity index (χ1) is 9.68. The number of thioether (sulfide) groups is 1. The number of alkyl halides is 3. The number of rotatable bonds is 3. The van der Waals surface area contributed by atoms with Crippen molar-refractivity contribution in [3.63, 3.8) is 0 Å². The first-order valence-electron chi connectivity index (χ1n) is 5.95. The first-order valence-corrected chi connectivity index (χ1v) is 8.14. The largest absolute Gasteiger partial charge is 0.461 e.